The Balaban J connectivity index is 1.84. The molecule has 7 nitrogen and oxygen atoms in total. The topological polar surface area (TPSA) is 104 Å². The summed E-state index contributed by atoms with van der Waals surface area (Å²) in [5, 5.41) is 3.90. The highest BCUT2D eigenvalue weighted by Gasteiger charge is 2.12. The Morgan fingerprint density at radius 1 is 1.23 bits per heavy atom. The van der Waals surface area contributed by atoms with E-state index in [9.17, 15) is 4.79 Å². The van der Waals surface area contributed by atoms with Crippen LogP contribution in [0.4, 0.5) is 0 Å². The maximum absolute atomic E-state index is 10.7. The second-order valence-electron chi connectivity index (χ2n) is 4.42. The van der Waals surface area contributed by atoms with E-state index in [1.54, 1.807) is 36.5 Å². The summed E-state index contributed by atoms with van der Waals surface area (Å²) in [5.41, 5.74) is 6.35. The highest BCUT2D eigenvalue weighted by atomic mass is 16.5. The van der Waals surface area contributed by atoms with Gasteiger partial charge < -0.3 is 15.0 Å². The van der Waals surface area contributed by atoms with Crippen LogP contribution in [0.2, 0.25) is 0 Å². The third kappa shape index (κ3) is 3.09. The Hall–Kier alpha value is -3.22. The molecular formula is C15H12N4O3. The molecule has 0 spiro atoms. The summed E-state index contributed by atoms with van der Waals surface area (Å²) in [5.74, 6) is 0.693. The van der Waals surface area contributed by atoms with Crippen LogP contribution < -0.4 is 10.5 Å². The van der Waals surface area contributed by atoms with Gasteiger partial charge in [0.05, 0.1) is 0 Å². The average molecular weight is 296 g/mol. The molecule has 2 N–H and O–H groups in total. The van der Waals surface area contributed by atoms with Gasteiger partial charge in [-0.3, -0.25) is 9.78 Å². The molecule has 0 radical (unpaired) electrons. The van der Waals surface area contributed by atoms with E-state index >= 15 is 0 Å². The molecule has 0 unspecified atom stereocenters. The van der Waals surface area contributed by atoms with E-state index < -0.39 is 5.91 Å². The van der Waals surface area contributed by atoms with E-state index in [4.69, 9.17) is 15.0 Å². The predicted octanol–water partition coefficient (Wildman–Crippen LogP) is 1.66. The quantitative estimate of drug-likeness (QED) is 0.767. The first-order chi connectivity index (χ1) is 10.7. The molecule has 1 amide bonds. The highest BCUT2D eigenvalue weighted by Crippen LogP contribution is 2.24. The van der Waals surface area contributed by atoms with Gasteiger partial charge in [-0.15, -0.1) is 0 Å². The first-order valence-corrected chi connectivity index (χ1v) is 6.49. The van der Waals surface area contributed by atoms with Gasteiger partial charge in [-0.2, -0.15) is 4.98 Å². The van der Waals surface area contributed by atoms with Crippen molar-refractivity contribution in [2.75, 3.05) is 6.61 Å². The minimum atomic E-state index is -0.541. The minimum Gasteiger partial charge on any atom is -0.484 e. The number of benzene rings is 1. The summed E-state index contributed by atoms with van der Waals surface area (Å²) < 4.78 is 10.5. The van der Waals surface area contributed by atoms with E-state index in [0.717, 1.165) is 0 Å². The average Bonchev–Trinajstić information content (AvgIpc) is 3.04. The Labute approximate surface area is 125 Å². The summed E-state index contributed by atoms with van der Waals surface area (Å²) in [6, 6.07) is 12.4. The Kier molecular flexibility index (Phi) is 3.78. The number of pyridine rings is 1. The molecule has 0 aliphatic rings. The molecule has 0 atom stereocenters. The van der Waals surface area contributed by atoms with Crippen LogP contribution in [-0.4, -0.2) is 27.6 Å². The summed E-state index contributed by atoms with van der Waals surface area (Å²) in [6.07, 6.45) is 1.66. The van der Waals surface area contributed by atoms with Crippen molar-refractivity contribution < 1.29 is 14.1 Å². The van der Waals surface area contributed by atoms with Crippen molar-refractivity contribution in [2.24, 2.45) is 5.73 Å². The maximum atomic E-state index is 10.7. The number of primary amides is 1. The molecule has 0 aliphatic carbocycles. The van der Waals surface area contributed by atoms with Gasteiger partial charge >= 0.3 is 0 Å². The van der Waals surface area contributed by atoms with Gasteiger partial charge in [0.15, 0.2) is 6.61 Å². The van der Waals surface area contributed by atoms with Crippen molar-refractivity contribution in [3.05, 3.63) is 48.7 Å². The fourth-order valence-electron chi connectivity index (χ4n) is 1.81. The number of aromatic nitrogens is 3. The largest absolute Gasteiger partial charge is 0.484 e. The van der Waals surface area contributed by atoms with Gasteiger partial charge in [-0.25, -0.2) is 0 Å². The molecule has 3 rings (SSSR count). The van der Waals surface area contributed by atoms with Crippen LogP contribution in [0.15, 0.2) is 53.2 Å². The Morgan fingerprint density at radius 2 is 2.14 bits per heavy atom. The molecule has 0 fully saturated rings. The number of nitrogens with two attached hydrogens (primary N) is 1. The summed E-state index contributed by atoms with van der Waals surface area (Å²) in [4.78, 5) is 19.2. The van der Waals surface area contributed by atoms with Gasteiger partial charge in [-0.1, -0.05) is 17.3 Å². The molecule has 2 aromatic heterocycles. The van der Waals surface area contributed by atoms with Crippen molar-refractivity contribution in [3.8, 4) is 28.7 Å². The number of carbonyl (C=O) groups excluding carboxylic acids is 1. The van der Waals surface area contributed by atoms with E-state index in [2.05, 4.69) is 15.1 Å². The van der Waals surface area contributed by atoms with Crippen molar-refractivity contribution in [1.29, 1.82) is 0 Å². The van der Waals surface area contributed by atoms with E-state index in [1.165, 1.54) is 0 Å². The first kappa shape index (κ1) is 13.7. The minimum absolute atomic E-state index is 0.188. The van der Waals surface area contributed by atoms with Gasteiger partial charge in [0, 0.05) is 11.8 Å². The van der Waals surface area contributed by atoms with Crippen LogP contribution in [-0.2, 0) is 4.79 Å². The maximum Gasteiger partial charge on any atom is 0.258 e. The zero-order chi connectivity index (χ0) is 15.4. The molecule has 110 valence electrons. The predicted molar refractivity (Wildman–Crippen MR) is 77.7 cm³/mol. The normalized spacial score (nSPS) is 10.4. The van der Waals surface area contributed by atoms with E-state index in [-0.39, 0.29) is 6.61 Å². The van der Waals surface area contributed by atoms with Crippen molar-refractivity contribution >= 4 is 5.91 Å². The fraction of sp³-hybridized carbons (Fsp3) is 0.0667. The zero-order valence-electron chi connectivity index (χ0n) is 11.5. The van der Waals surface area contributed by atoms with E-state index in [0.29, 0.717) is 28.7 Å². The van der Waals surface area contributed by atoms with Crippen LogP contribution in [0.3, 0.4) is 0 Å². The van der Waals surface area contributed by atoms with E-state index in [1.807, 2.05) is 12.1 Å². The highest BCUT2D eigenvalue weighted by molar-refractivity contribution is 5.75. The monoisotopic (exact) mass is 296 g/mol. The number of amides is 1. The number of nitrogens with zero attached hydrogens (tertiary/aromatic N) is 3. The Bertz CT molecular complexity index is 786. The molecule has 0 aliphatic heterocycles. The van der Waals surface area contributed by atoms with Gasteiger partial charge in [-0.05, 0) is 30.3 Å². The second kappa shape index (κ2) is 6.04. The van der Waals surface area contributed by atoms with Crippen molar-refractivity contribution in [3.63, 3.8) is 0 Å². The van der Waals surface area contributed by atoms with Crippen LogP contribution in [0.25, 0.3) is 23.0 Å². The number of carbonyl (C=O) groups is 1. The lowest BCUT2D eigenvalue weighted by Gasteiger charge is -2.03. The van der Waals surface area contributed by atoms with Gasteiger partial charge in [0.1, 0.15) is 11.4 Å². The molecule has 3 aromatic rings. The smallest absolute Gasteiger partial charge is 0.258 e. The number of rotatable bonds is 5. The lowest BCUT2D eigenvalue weighted by atomic mass is 10.2. The molecule has 0 saturated heterocycles. The molecule has 0 bridgehead atoms. The van der Waals surface area contributed by atoms with Crippen molar-refractivity contribution in [1.82, 2.24) is 15.1 Å². The molecule has 2 heterocycles. The van der Waals surface area contributed by atoms with Gasteiger partial charge in [0.25, 0.3) is 11.8 Å². The lowest BCUT2D eigenvalue weighted by molar-refractivity contribution is -0.119. The number of ether oxygens (including phenoxy) is 1. The van der Waals surface area contributed by atoms with Crippen molar-refractivity contribution in [2.45, 2.75) is 0 Å². The van der Waals surface area contributed by atoms with Crippen LogP contribution in [0.1, 0.15) is 0 Å². The fourth-order valence-corrected chi connectivity index (χ4v) is 1.81. The summed E-state index contributed by atoms with van der Waals surface area (Å²) in [7, 11) is 0. The molecule has 1 aromatic carbocycles. The number of hydrogen-bond acceptors (Lipinski definition) is 6. The Morgan fingerprint density at radius 3 is 2.91 bits per heavy atom. The third-order valence-electron chi connectivity index (χ3n) is 2.78. The van der Waals surface area contributed by atoms with Crippen LogP contribution in [0, 0.1) is 0 Å². The SMILES string of the molecule is NC(=O)COc1cccc(-c2nc(-c3ccccn3)no2)c1. The lowest BCUT2D eigenvalue weighted by Crippen LogP contribution is -2.19. The summed E-state index contributed by atoms with van der Waals surface area (Å²) >= 11 is 0. The summed E-state index contributed by atoms with van der Waals surface area (Å²) in [6.45, 7) is -0.188. The molecule has 0 saturated carbocycles. The van der Waals surface area contributed by atoms with Crippen LogP contribution >= 0.6 is 0 Å². The molecule has 22 heavy (non-hydrogen) atoms. The second-order valence-corrected chi connectivity index (χ2v) is 4.42. The van der Waals surface area contributed by atoms with Crippen LogP contribution in [0.5, 0.6) is 5.75 Å². The first-order valence-electron chi connectivity index (χ1n) is 6.49. The zero-order valence-corrected chi connectivity index (χ0v) is 11.5. The standard InChI is InChI=1S/C15H12N4O3/c16-13(20)9-21-11-5-3-4-10(8-11)15-18-14(19-22-15)12-6-1-2-7-17-12/h1-8H,9H2,(H2,16,20). The van der Waals surface area contributed by atoms with Gasteiger partial charge in [0.2, 0.25) is 5.82 Å². The molecular weight excluding hydrogens is 284 g/mol. The third-order valence-corrected chi connectivity index (χ3v) is 2.78. The number of hydrogen-bond donors (Lipinski definition) is 1. The molecule has 7 heteroatoms.